The molecule has 2 aromatic rings. The van der Waals surface area contributed by atoms with E-state index >= 15 is 0 Å². The molecule has 0 unspecified atom stereocenters. The summed E-state index contributed by atoms with van der Waals surface area (Å²) < 4.78 is 144. The van der Waals surface area contributed by atoms with Crippen LogP contribution in [0.5, 0.6) is 5.75 Å². The number of halogens is 9. The third kappa shape index (κ3) is 4.94. The highest BCUT2D eigenvalue weighted by Gasteiger charge is 2.86. The quantitative estimate of drug-likeness (QED) is 0.383. The fraction of sp³-hybridized carbons (Fsp3) is 0.235. The highest BCUT2D eigenvalue weighted by atomic mass is 32.2. The van der Waals surface area contributed by atoms with Crippen LogP contribution in [-0.2, 0) is 10.1 Å². The zero-order chi connectivity index (χ0) is 25.3. The van der Waals surface area contributed by atoms with E-state index < -0.39 is 50.9 Å². The van der Waals surface area contributed by atoms with Gasteiger partial charge in [0.2, 0.25) is 0 Å². The summed E-state index contributed by atoms with van der Waals surface area (Å²) in [7, 11) is -7.17. The summed E-state index contributed by atoms with van der Waals surface area (Å²) >= 11 is 0. The predicted molar refractivity (Wildman–Crippen MR) is 96.0 cm³/mol. The molecule has 33 heavy (non-hydrogen) atoms. The number of anilines is 2. The molecule has 0 heterocycles. The van der Waals surface area contributed by atoms with Crippen molar-refractivity contribution in [1.29, 1.82) is 0 Å². The van der Waals surface area contributed by atoms with Gasteiger partial charge in [-0.15, -0.1) is 0 Å². The van der Waals surface area contributed by atoms with Crippen molar-refractivity contribution in [3.8, 4) is 5.75 Å². The Labute approximate surface area is 179 Å². The normalized spacial score (nSPS) is 13.4. The van der Waals surface area contributed by atoms with E-state index in [9.17, 15) is 52.7 Å². The summed E-state index contributed by atoms with van der Waals surface area (Å²) in [6.45, 7) is 0. The van der Waals surface area contributed by atoms with Gasteiger partial charge in [-0.05, 0) is 24.3 Å². The smallest absolute Gasteiger partial charge is 0.376 e. The molecule has 0 saturated carbocycles. The monoisotopic (exact) mass is 510 g/mol. The molecule has 2 rings (SSSR count). The van der Waals surface area contributed by atoms with Gasteiger partial charge in [-0.25, -0.2) is 4.79 Å². The summed E-state index contributed by atoms with van der Waals surface area (Å²) in [5.74, 6) is -16.2. The van der Waals surface area contributed by atoms with Gasteiger partial charge in [-0.3, -0.25) is 0 Å². The van der Waals surface area contributed by atoms with Crippen LogP contribution in [0.3, 0.4) is 0 Å². The zero-order valence-corrected chi connectivity index (χ0v) is 16.5. The highest BCUT2D eigenvalue weighted by molar-refractivity contribution is 7.88. The minimum absolute atomic E-state index is 0.210. The third-order valence-electron chi connectivity index (χ3n) is 3.80. The number of benzene rings is 2. The number of nitrogens with one attached hydrogen (secondary N) is 2. The van der Waals surface area contributed by atoms with Crippen molar-refractivity contribution in [2.45, 2.75) is 23.3 Å². The van der Waals surface area contributed by atoms with Gasteiger partial charge >= 0.3 is 39.4 Å². The number of para-hydroxylation sites is 3. The van der Waals surface area contributed by atoms with Crippen molar-refractivity contribution in [3.05, 3.63) is 54.6 Å². The fourth-order valence-electron chi connectivity index (χ4n) is 2.14. The SMILES string of the molecule is O=C(Nc1ccccc1)Nc1ccccc1OS(=O)(=O)C(F)(F)C(F)(F)C(F)(F)C(F)(F)F. The lowest BCUT2D eigenvalue weighted by atomic mass is 10.1. The number of urea groups is 1. The van der Waals surface area contributed by atoms with E-state index in [1.807, 2.05) is 5.32 Å². The number of rotatable bonds is 7. The molecule has 182 valence electrons. The Morgan fingerprint density at radius 1 is 0.727 bits per heavy atom. The largest absolute Gasteiger partial charge is 0.460 e. The Hall–Kier alpha value is -3.17. The van der Waals surface area contributed by atoms with Crippen LogP contribution in [-0.4, -0.2) is 37.7 Å². The van der Waals surface area contributed by atoms with Crippen molar-refractivity contribution in [2.75, 3.05) is 10.6 Å². The van der Waals surface area contributed by atoms with E-state index in [2.05, 4.69) is 9.50 Å². The lowest BCUT2D eigenvalue weighted by molar-refractivity contribution is -0.382. The molecule has 0 radical (unpaired) electrons. The number of carbonyl (C=O) groups excluding carboxylic acids is 1. The molecule has 2 aromatic carbocycles. The Balaban J connectivity index is 2.34. The van der Waals surface area contributed by atoms with E-state index in [-0.39, 0.29) is 5.69 Å². The van der Waals surface area contributed by atoms with Gasteiger partial charge in [0.1, 0.15) is 0 Å². The van der Waals surface area contributed by atoms with E-state index in [0.717, 1.165) is 18.2 Å². The van der Waals surface area contributed by atoms with Gasteiger partial charge < -0.3 is 14.8 Å². The molecule has 0 atom stereocenters. The van der Waals surface area contributed by atoms with Gasteiger partial charge in [0.05, 0.1) is 5.69 Å². The summed E-state index contributed by atoms with van der Waals surface area (Å²) in [6, 6.07) is 9.74. The first-order valence-corrected chi connectivity index (χ1v) is 9.71. The number of carbonyl (C=O) groups is 1. The molecule has 0 saturated heterocycles. The first-order valence-electron chi connectivity index (χ1n) is 8.30. The van der Waals surface area contributed by atoms with Crippen molar-refractivity contribution in [1.82, 2.24) is 0 Å². The van der Waals surface area contributed by atoms with Gasteiger partial charge in [0.15, 0.2) is 5.75 Å². The topological polar surface area (TPSA) is 84.5 Å². The van der Waals surface area contributed by atoms with E-state index in [4.69, 9.17) is 0 Å². The average molecular weight is 510 g/mol. The summed E-state index contributed by atoms with van der Waals surface area (Å²) in [5.41, 5.74) is -0.516. The molecule has 0 spiro atoms. The first-order chi connectivity index (χ1) is 14.9. The minimum atomic E-state index is -7.45. The van der Waals surface area contributed by atoms with Crippen LogP contribution < -0.4 is 14.8 Å². The van der Waals surface area contributed by atoms with Crippen LogP contribution >= 0.6 is 0 Å². The third-order valence-corrected chi connectivity index (χ3v) is 5.08. The Morgan fingerprint density at radius 2 is 1.24 bits per heavy atom. The number of alkyl halides is 9. The van der Waals surface area contributed by atoms with Crippen molar-refractivity contribution in [2.24, 2.45) is 0 Å². The van der Waals surface area contributed by atoms with Crippen LogP contribution in [0.2, 0.25) is 0 Å². The second kappa shape index (κ2) is 8.64. The molecular weight excluding hydrogens is 499 g/mol. The van der Waals surface area contributed by atoms with Crippen LogP contribution in [0.4, 0.5) is 55.7 Å². The predicted octanol–water partition coefficient (Wildman–Crippen LogP) is 5.46. The van der Waals surface area contributed by atoms with Crippen molar-refractivity contribution < 1.29 is 56.9 Å². The Bertz CT molecular complexity index is 1110. The molecule has 0 aliphatic carbocycles. The Kier molecular flexibility index (Phi) is 6.83. The van der Waals surface area contributed by atoms with Crippen LogP contribution in [0, 0.1) is 0 Å². The van der Waals surface area contributed by atoms with Crippen LogP contribution in [0.15, 0.2) is 54.6 Å². The van der Waals surface area contributed by atoms with Crippen LogP contribution in [0.25, 0.3) is 0 Å². The molecule has 0 aromatic heterocycles. The molecule has 0 aliphatic heterocycles. The molecule has 2 amide bonds. The number of hydrogen-bond donors (Lipinski definition) is 2. The standard InChI is InChI=1S/C17H11F9N2O4S/c18-14(19,16(22,23)24)15(20,21)17(25,26)33(30,31)32-12-9-5-4-8-11(12)28-13(29)27-10-6-2-1-3-7-10/h1-9H,(H2,27,28,29). The van der Waals surface area contributed by atoms with E-state index in [0.29, 0.717) is 6.07 Å². The second-order valence-corrected chi connectivity index (χ2v) is 7.73. The van der Waals surface area contributed by atoms with E-state index in [1.54, 1.807) is 6.07 Å². The van der Waals surface area contributed by atoms with Gasteiger partial charge in [0.25, 0.3) is 0 Å². The maximum Gasteiger partial charge on any atom is 0.460 e. The van der Waals surface area contributed by atoms with Gasteiger partial charge in [0, 0.05) is 5.69 Å². The summed E-state index contributed by atoms with van der Waals surface area (Å²) in [5, 5.41) is -2.89. The molecule has 0 fully saturated rings. The first kappa shape index (κ1) is 26.1. The molecule has 16 heteroatoms. The highest BCUT2D eigenvalue weighted by Crippen LogP contribution is 2.55. The van der Waals surface area contributed by atoms with Crippen molar-refractivity contribution >= 4 is 27.5 Å². The lowest BCUT2D eigenvalue weighted by Gasteiger charge is -2.32. The zero-order valence-electron chi connectivity index (χ0n) is 15.6. The Morgan fingerprint density at radius 3 is 1.79 bits per heavy atom. The number of hydrogen-bond acceptors (Lipinski definition) is 4. The van der Waals surface area contributed by atoms with Gasteiger partial charge in [-0.1, -0.05) is 30.3 Å². The molecule has 0 bridgehead atoms. The molecule has 2 N–H and O–H groups in total. The maximum atomic E-state index is 13.8. The molecule has 0 aliphatic rings. The summed E-state index contributed by atoms with van der Waals surface area (Å²) in [4.78, 5) is 12.0. The second-order valence-electron chi connectivity index (χ2n) is 6.14. The van der Waals surface area contributed by atoms with Crippen molar-refractivity contribution in [3.63, 3.8) is 0 Å². The average Bonchev–Trinajstić information content (AvgIpc) is 2.68. The lowest BCUT2D eigenvalue weighted by Crippen LogP contribution is -2.63. The number of amides is 2. The van der Waals surface area contributed by atoms with E-state index in [1.165, 1.54) is 24.3 Å². The minimum Gasteiger partial charge on any atom is -0.376 e. The molecule has 6 nitrogen and oxygen atoms in total. The molecular formula is C17H11F9N2O4S. The summed E-state index contributed by atoms with van der Waals surface area (Å²) in [6.07, 6.45) is -7.22. The fourth-order valence-corrected chi connectivity index (χ4v) is 3.07. The van der Waals surface area contributed by atoms with Crippen LogP contribution in [0.1, 0.15) is 0 Å². The maximum absolute atomic E-state index is 13.8. The van der Waals surface area contributed by atoms with Gasteiger partial charge in [-0.2, -0.15) is 47.9 Å².